The number of benzene rings is 1. The Hall–Kier alpha value is -2.32. The number of carbonyl (C=O) groups excluding carboxylic acids is 1. The molecule has 23 heavy (non-hydrogen) atoms. The molecule has 3 rings (SSSR count). The fourth-order valence-corrected chi connectivity index (χ4v) is 3.95. The largest absolute Gasteiger partial charge is 0.325 e. The lowest BCUT2D eigenvalue weighted by Gasteiger charge is -2.14. The van der Waals surface area contributed by atoms with E-state index in [0.29, 0.717) is 10.6 Å². The summed E-state index contributed by atoms with van der Waals surface area (Å²) in [4.78, 5) is 17.0. The molecule has 1 aliphatic rings. The number of carbonyl (C=O) groups is 1. The van der Waals surface area contributed by atoms with E-state index in [9.17, 15) is 10.1 Å². The highest BCUT2D eigenvalue weighted by molar-refractivity contribution is 8.00. The lowest BCUT2D eigenvalue weighted by molar-refractivity contribution is -0.115. The van der Waals surface area contributed by atoms with Crippen LogP contribution in [-0.4, -0.2) is 16.1 Å². The Morgan fingerprint density at radius 3 is 2.91 bits per heavy atom. The standard InChI is InChI=1S/C18H17N3OS/c1-11-9-12(2)20-18(14(11)10-19)23-16-8-7-13-5-3-4-6-15(13)21-17(16)22/h3-6,9,16H,7-8H2,1-2H3,(H,21,22)/t16-/m0/s1. The maximum atomic E-state index is 12.5. The van der Waals surface area contributed by atoms with Crippen LogP contribution in [0.2, 0.25) is 0 Å². The zero-order valence-electron chi connectivity index (χ0n) is 13.1. The van der Waals surface area contributed by atoms with Crippen molar-refractivity contribution in [2.75, 3.05) is 5.32 Å². The van der Waals surface area contributed by atoms with Crippen molar-refractivity contribution in [3.8, 4) is 6.07 Å². The predicted octanol–water partition coefficient (Wildman–Crippen LogP) is 3.62. The van der Waals surface area contributed by atoms with Crippen LogP contribution in [-0.2, 0) is 11.2 Å². The SMILES string of the molecule is Cc1cc(C)c(C#N)c(S[C@H]2CCc3ccccc3NC2=O)n1. The summed E-state index contributed by atoms with van der Waals surface area (Å²) in [7, 11) is 0. The Labute approximate surface area is 139 Å². The van der Waals surface area contributed by atoms with Crippen LogP contribution >= 0.6 is 11.8 Å². The number of aryl methyl sites for hydroxylation is 3. The number of amides is 1. The Kier molecular flexibility index (Phi) is 4.35. The number of aromatic nitrogens is 1. The van der Waals surface area contributed by atoms with E-state index in [4.69, 9.17) is 0 Å². The number of pyridine rings is 1. The summed E-state index contributed by atoms with van der Waals surface area (Å²) in [5.41, 5.74) is 4.36. The van der Waals surface area contributed by atoms with Crippen LogP contribution in [0.1, 0.15) is 28.8 Å². The number of thioether (sulfide) groups is 1. The van der Waals surface area contributed by atoms with Gasteiger partial charge in [-0.3, -0.25) is 4.79 Å². The van der Waals surface area contributed by atoms with Crippen LogP contribution in [0.25, 0.3) is 0 Å². The minimum absolute atomic E-state index is 0.0233. The molecule has 0 saturated heterocycles. The lowest BCUT2D eigenvalue weighted by Crippen LogP contribution is -2.23. The zero-order chi connectivity index (χ0) is 16.4. The van der Waals surface area contributed by atoms with E-state index in [1.54, 1.807) is 0 Å². The Balaban J connectivity index is 1.88. The molecule has 1 aromatic heterocycles. The number of hydrogen-bond acceptors (Lipinski definition) is 4. The molecule has 0 aliphatic carbocycles. The van der Waals surface area contributed by atoms with Gasteiger partial charge in [-0.25, -0.2) is 4.98 Å². The number of anilines is 1. The second-order valence-corrected chi connectivity index (χ2v) is 6.86. The van der Waals surface area contributed by atoms with Crippen molar-refractivity contribution in [3.63, 3.8) is 0 Å². The molecular weight excluding hydrogens is 306 g/mol. The molecule has 4 nitrogen and oxygen atoms in total. The van der Waals surface area contributed by atoms with Crippen LogP contribution in [0.4, 0.5) is 5.69 Å². The van der Waals surface area contributed by atoms with Gasteiger partial charge in [-0.05, 0) is 49.9 Å². The van der Waals surface area contributed by atoms with Crippen molar-refractivity contribution in [3.05, 3.63) is 52.7 Å². The van der Waals surface area contributed by atoms with Crippen LogP contribution in [0.3, 0.4) is 0 Å². The monoisotopic (exact) mass is 323 g/mol. The topological polar surface area (TPSA) is 65.8 Å². The number of fused-ring (bicyclic) bond motifs is 1. The van der Waals surface area contributed by atoms with Crippen LogP contribution < -0.4 is 5.32 Å². The van der Waals surface area contributed by atoms with Gasteiger partial charge >= 0.3 is 0 Å². The molecule has 2 heterocycles. The third-order valence-corrected chi connectivity index (χ3v) is 5.17. The van der Waals surface area contributed by atoms with E-state index in [-0.39, 0.29) is 11.2 Å². The second-order valence-electron chi connectivity index (χ2n) is 5.66. The third-order valence-electron chi connectivity index (χ3n) is 3.92. The highest BCUT2D eigenvalue weighted by atomic mass is 32.2. The van der Waals surface area contributed by atoms with Crippen molar-refractivity contribution >= 4 is 23.4 Å². The van der Waals surface area contributed by atoms with Gasteiger partial charge in [0.25, 0.3) is 0 Å². The summed E-state index contributed by atoms with van der Waals surface area (Å²) in [6, 6.07) is 12.0. The number of para-hydroxylation sites is 1. The first kappa shape index (κ1) is 15.6. The van der Waals surface area contributed by atoms with E-state index in [1.165, 1.54) is 11.8 Å². The van der Waals surface area contributed by atoms with Crippen LogP contribution in [0.15, 0.2) is 35.4 Å². The van der Waals surface area contributed by atoms with Crippen LogP contribution in [0.5, 0.6) is 0 Å². The zero-order valence-corrected chi connectivity index (χ0v) is 13.9. The van der Waals surface area contributed by atoms with Gasteiger partial charge in [-0.15, -0.1) is 0 Å². The van der Waals surface area contributed by atoms with E-state index < -0.39 is 0 Å². The van der Waals surface area contributed by atoms with E-state index in [2.05, 4.69) is 16.4 Å². The quantitative estimate of drug-likeness (QED) is 0.917. The molecule has 1 N–H and O–H groups in total. The van der Waals surface area contributed by atoms with Crippen LogP contribution in [0, 0.1) is 25.2 Å². The Morgan fingerprint density at radius 1 is 1.35 bits per heavy atom. The summed E-state index contributed by atoms with van der Waals surface area (Å²) < 4.78 is 0. The van der Waals surface area contributed by atoms with Gasteiger partial charge in [-0.2, -0.15) is 5.26 Å². The third kappa shape index (κ3) is 3.22. The average molecular weight is 323 g/mol. The van der Waals surface area contributed by atoms with Gasteiger partial charge in [0.2, 0.25) is 5.91 Å². The molecule has 1 atom stereocenters. The molecule has 0 saturated carbocycles. The predicted molar refractivity (Wildman–Crippen MR) is 91.5 cm³/mol. The number of nitrogens with one attached hydrogen (secondary N) is 1. The highest BCUT2D eigenvalue weighted by Gasteiger charge is 2.26. The average Bonchev–Trinajstić information content (AvgIpc) is 2.66. The van der Waals surface area contributed by atoms with Gasteiger partial charge in [0.15, 0.2) is 0 Å². The van der Waals surface area contributed by atoms with Crippen molar-refractivity contribution in [1.29, 1.82) is 5.26 Å². The fraction of sp³-hybridized carbons (Fsp3) is 0.278. The van der Waals surface area contributed by atoms with Gasteiger partial charge in [0.1, 0.15) is 11.1 Å². The first-order chi connectivity index (χ1) is 11.1. The molecule has 1 aromatic carbocycles. The Morgan fingerprint density at radius 2 is 2.13 bits per heavy atom. The molecule has 0 unspecified atom stereocenters. The molecule has 1 amide bonds. The van der Waals surface area contributed by atoms with Gasteiger partial charge in [0, 0.05) is 11.4 Å². The normalized spacial score (nSPS) is 16.9. The maximum Gasteiger partial charge on any atom is 0.237 e. The minimum atomic E-state index is -0.247. The summed E-state index contributed by atoms with van der Waals surface area (Å²) in [6.07, 6.45) is 1.56. The van der Waals surface area contributed by atoms with Gasteiger partial charge < -0.3 is 5.32 Å². The smallest absolute Gasteiger partial charge is 0.237 e. The molecule has 0 bridgehead atoms. The van der Waals surface area contributed by atoms with Gasteiger partial charge in [0.05, 0.1) is 10.8 Å². The van der Waals surface area contributed by atoms with Crippen molar-refractivity contribution in [2.24, 2.45) is 0 Å². The molecule has 1 aliphatic heterocycles. The summed E-state index contributed by atoms with van der Waals surface area (Å²) in [5.74, 6) is -0.0233. The fourth-order valence-electron chi connectivity index (χ4n) is 2.76. The first-order valence-electron chi connectivity index (χ1n) is 7.52. The molecule has 0 radical (unpaired) electrons. The molecule has 5 heteroatoms. The molecule has 116 valence electrons. The second kappa shape index (κ2) is 6.43. The van der Waals surface area contributed by atoms with E-state index in [1.807, 2.05) is 44.2 Å². The molecule has 0 fully saturated rings. The minimum Gasteiger partial charge on any atom is -0.325 e. The summed E-state index contributed by atoms with van der Waals surface area (Å²) in [6.45, 7) is 3.81. The number of hydrogen-bond donors (Lipinski definition) is 1. The molecule has 0 spiro atoms. The van der Waals surface area contributed by atoms with Crippen molar-refractivity contribution in [1.82, 2.24) is 4.98 Å². The van der Waals surface area contributed by atoms with Crippen molar-refractivity contribution in [2.45, 2.75) is 37.0 Å². The lowest BCUT2D eigenvalue weighted by atomic mass is 10.1. The summed E-state index contributed by atoms with van der Waals surface area (Å²) >= 11 is 1.39. The number of rotatable bonds is 2. The van der Waals surface area contributed by atoms with Gasteiger partial charge in [-0.1, -0.05) is 30.0 Å². The number of nitrogens with zero attached hydrogens (tertiary/aromatic N) is 2. The molecule has 2 aromatic rings. The highest BCUT2D eigenvalue weighted by Crippen LogP contribution is 2.33. The maximum absolute atomic E-state index is 12.5. The Bertz CT molecular complexity index is 810. The van der Waals surface area contributed by atoms with E-state index >= 15 is 0 Å². The first-order valence-corrected chi connectivity index (χ1v) is 8.40. The van der Waals surface area contributed by atoms with E-state index in [0.717, 1.165) is 35.3 Å². The molecular formula is C18H17N3OS. The summed E-state index contributed by atoms with van der Waals surface area (Å²) in [5, 5.41) is 12.8. The number of nitriles is 1. The van der Waals surface area contributed by atoms with Crippen molar-refractivity contribution < 1.29 is 4.79 Å².